The highest BCUT2D eigenvalue weighted by Gasteiger charge is 2.14. The minimum Gasteiger partial charge on any atom is -0.242 e. The van der Waals surface area contributed by atoms with E-state index < -0.39 is 21.6 Å². The van der Waals surface area contributed by atoms with Gasteiger partial charge in [-0.3, -0.25) is 0 Å². The molecule has 0 spiro atoms. The highest BCUT2D eigenvalue weighted by molar-refractivity contribution is 7.88. The topological polar surface area (TPSA) is 72.0 Å². The number of aryl methyl sites for hydroxylation is 1. The van der Waals surface area contributed by atoms with Gasteiger partial charge in [0.2, 0.25) is 10.0 Å². The van der Waals surface area contributed by atoms with E-state index in [0.717, 1.165) is 5.69 Å². The predicted molar refractivity (Wildman–Crippen MR) is 72.6 cm³/mol. The third-order valence-electron chi connectivity index (χ3n) is 2.64. The average molecular weight is 295 g/mol. The number of rotatable bonds is 5. The Kier molecular flexibility index (Phi) is 4.41. The van der Waals surface area contributed by atoms with E-state index in [1.165, 1.54) is 24.5 Å². The Morgan fingerprint density at radius 2 is 2.00 bits per heavy atom. The molecule has 0 atom stereocenters. The van der Waals surface area contributed by atoms with Crippen molar-refractivity contribution < 1.29 is 12.8 Å². The standard InChI is InChI=1S/C13H14FN3O2S/c1-10-6-12(16-9-15-10)7-17-20(18,19)8-11-4-2-3-5-13(11)14/h2-6,9,17H,7-8H2,1H3. The number of sulfonamides is 1. The van der Waals surface area contributed by atoms with Gasteiger partial charge in [0, 0.05) is 11.3 Å². The molecule has 1 heterocycles. The maximum absolute atomic E-state index is 13.4. The van der Waals surface area contributed by atoms with Crippen LogP contribution in [0, 0.1) is 12.7 Å². The van der Waals surface area contributed by atoms with Gasteiger partial charge >= 0.3 is 0 Å². The van der Waals surface area contributed by atoms with Gasteiger partial charge in [0.25, 0.3) is 0 Å². The molecular weight excluding hydrogens is 281 g/mol. The highest BCUT2D eigenvalue weighted by Crippen LogP contribution is 2.10. The molecule has 1 aromatic heterocycles. The summed E-state index contributed by atoms with van der Waals surface area (Å²) in [5.41, 5.74) is 1.46. The van der Waals surface area contributed by atoms with Crippen molar-refractivity contribution in [3.63, 3.8) is 0 Å². The van der Waals surface area contributed by atoms with E-state index in [-0.39, 0.29) is 12.1 Å². The molecule has 0 saturated heterocycles. The Morgan fingerprint density at radius 3 is 2.70 bits per heavy atom. The summed E-state index contributed by atoms with van der Waals surface area (Å²) >= 11 is 0. The van der Waals surface area contributed by atoms with Crippen LogP contribution in [0.3, 0.4) is 0 Å². The molecule has 0 amide bonds. The minimum atomic E-state index is -3.62. The zero-order valence-corrected chi connectivity index (χ0v) is 11.7. The second-order valence-corrected chi connectivity index (χ2v) is 6.13. The second kappa shape index (κ2) is 6.06. The molecule has 0 unspecified atom stereocenters. The Labute approximate surface area is 116 Å². The lowest BCUT2D eigenvalue weighted by atomic mass is 10.2. The van der Waals surface area contributed by atoms with E-state index in [0.29, 0.717) is 5.69 Å². The zero-order valence-electron chi connectivity index (χ0n) is 10.9. The van der Waals surface area contributed by atoms with E-state index in [4.69, 9.17) is 0 Å². The minimum absolute atomic E-state index is 0.0557. The maximum Gasteiger partial charge on any atom is 0.216 e. The fourth-order valence-electron chi connectivity index (χ4n) is 1.66. The van der Waals surface area contributed by atoms with Gasteiger partial charge < -0.3 is 0 Å². The van der Waals surface area contributed by atoms with Crippen LogP contribution in [0.25, 0.3) is 0 Å². The fourth-order valence-corrected chi connectivity index (χ4v) is 2.77. The number of halogens is 1. The third kappa shape index (κ3) is 4.07. The van der Waals surface area contributed by atoms with Gasteiger partial charge in [-0.05, 0) is 19.1 Å². The zero-order chi connectivity index (χ0) is 14.6. The molecule has 2 aromatic rings. The molecule has 7 heteroatoms. The largest absolute Gasteiger partial charge is 0.242 e. The van der Waals surface area contributed by atoms with Crippen LogP contribution >= 0.6 is 0 Å². The van der Waals surface area contributed by atoms with Crippen molar-refractivity contribution >= 4 is 10.0 Å². The lowest BCUT2D eigenvalue weighted by molar-refractivity contribution is 0.573. The van der Waals surface area contributed by atoms with Gasteiger partial charge in [-0.25, -0.2) is 27.5 Å². The third-order valence-corrected chi connectivity index (χ3v) is 3.91. The number of nitrogens with zero attached hydrogens (tertiary/aromatic N) is 2. The van der Waals surface area contributed by atoms with Gasteiger partial charge in [0.1, 0.15) is 12.1 Å². The van der Waals surface area contributed by atoms with Crippen molar-refractivity contribution in [3.8, 4) is 0 Å². The monoisotopic (exact) mass is 295 g/mol. The molecule has 0 saturated carbocycles. The Morgan fingerprint density at radius 1 is 1.25 bits per heavy atom. The van der Waals surface area contributed by atoms with Crippen LogP contribution in [0.15, 0.2) is 36.7 Å². The van der Waals surface area contributed by atoms with Crippen molar-refractivity contribution in [2.24, 2.45) is 0 Å². The predicted octanol–water partition coefficient (Wildman–Crippen LogP) is 1.54. The van der Waals surface area contributed by atoms with Crippen LogP contribution < -0.4 is 4.72 Å². The van der Waals surface area contributed by atoms with E-state index in [9.17, 15) is 12.8 Å². The molecule has 20 heavy (non-hydrogen) atoms. The van der Waals surface area contributed by atoms with Crippen molar-refractivity contribution in [1.29, 1.82) is 0 Å². The fraction of sp³-hybridized carbons (Fsp3) is 0.231. The van der Waals surface area contributed by atoms with E-state index in [1.54, 1.807) is 19.1 Å². The average Bonchev–Trinajstić information content (AvgIpc) is 2.39. The molecule has 1 N–H and O–H groups in total. The molecule has 0 aliphatic heterocycles. The summed E-state index contributed by atoms with van der Waals surface area (Å²) in [6.07, 6.45) is 1.37. The summed E-state index contributed by atoms with van der Waals surface area (Å²) in [6, 6.07) is 7.48. The van der Waals surface area contributed by atoms with Crippen molar-refractivity contribution in [2.75, 3.05) is 0 Å². The Balaban J connectivity index is 2.03. The van der Waals surface area contributed by atoms with Crippen LogP contribution in [-0.4, -0.2) is 18.4 Å². The SMILES string of the molecule is Cc1cc(CNS(=O)(=O)Cc2ccccc2F)ncn1. The lowest BCUT2D eigenvalue weighted by Crippen LogP contribution is -2.25. The normalized spacial score (nSPS) is 11.5. The van der Waals surface area contributed by atoms with Gasteiger partial charge in [0.05, 0.1) is 18.0 Å². The first kappa shape index (κ1) is 14.5. The number of nitrogens with one attached hydrogen (secondary N) is 1. The van der Waals surface area contributed by atoms with Crippen LogP contribution in [0.4, 0.5) is 4.39 Å². The number of benzene rings is 1. The van der Waals surface area contributed by atoms with Crippen molar-refractivity contribution in [2.45, 2.75) is 19.2 Å². The van der Waals surface area contributed by atoms with Crippen molar-refractivity contribution in [1.82, 2.24) is 14.7 Å². The van der Waals surface area contributed by atoms with Crippen LogP contribution in [0.2, 0.25) is 0 Å². The second-order valence-electron chi connectivity index (χ2n) is 4.32. The van der Waals surface area contributed by atoms with Gasteiger partial charge in [-0.2, -0.15) is 0 Å². The molecular formula is C13H14FN3O2S. The van der Waals surface area contributed by atoms with Gasteiger partial charge in [-0.1, -0.05) is 18.2 Å². The van der Waals surface area contributed by atoms with E-state index >= 15 is 0 Å². The molecule has 0 aliphatic rings. The molecule has 1 aromatic carbocycles. The molecule has 106 valence electrons. The number of aromatic nitrogens is 2. The molecule has 0 bridgehead atoms. The van der Waals surface area contributed by atoms with Crippen LogP contribution in [0.5, 0.6) is 0 Å². The van der Waals surface area contributed by atoms with Gasteiger partial charge in [-0.15, -0.1) is 0 Å². The summed E-state index contributed by atoms with van der Waals surface area (Å²) in [6.45, 7) is 1.85. The molecule has 2 rings (SSSR count). The summed E-state index contributed by atoms with van der Waals surface area (Å²) in [7, 11) is -3.62. The van der Waals surface area contributed by atoms with Gasteiger partial charge in [0.15, 0.2) is 0 Å². The first-order chi connectivity index (χ1) is 9.46. The summed E-state index contributed by atoms with van der Waals surface area (Å²) in [5, 5.41) is 0. The summed E-state index contributed by atoms with van der Waals surface area (Å²) < 4.78 is 39.6. The molecule has 5 nitrogen and oxygen atoms in total. The summed E-state index contributed by atoms with van der Waals surface area (Å²) in [4.78, 5) is 7.88. The first-order valence-corrected chi connectivity index (χ1v) is 7.60. The van der Waals surface area contributed by atoms with E-state index in [1.807, 2.05) is 0 Å². The first-order valence-electron chi connectivity index (χ1n) is 5.94. The molecule has 0 radical (unpaired) electrons. The smallest absolute Gasteiger partial charge is 0.216 e. The van der Waals surface area contributed by atoms with E-state index in [2.05, 4.69) is 14.7 Å². The Bertz CT molecular complexity index is 704. The molecule has 0 fully saturated rings. The maximum atomic E-state index is 13.4. The van der Waals surface area contributed by atoms with Crippen LogP contribution in [-0.2, 0) is 22.3 Å². The highest BCUT2D eigenvalue weighted by atomic mass is 32.2. The number of hydrogen-bond donors (Lipinski definition) is 1. The van der Waals surface area contributed by atoms with Crippen LogP contribution in [0.1, 0.15) is 17.0 Å². The quantitative estimate of drug-likeness (QED) is 0.908. The van der Waals surface area contributed by atoms with Crippen molar-refractivity contribution in [3.05, 3.63) is 59.4 Å². The number of hydrogen-bond acceptors (Lipinski definition) is 4. The Hall–Kier alpha value is -1.86. The summed E-state index contributed by atoms with van der Waals surface area (Å²) in [5.74, 6) is -0.931. The lowest BCUT2D eigenvalue weighted by Gasteiger charge is -2.07. The molecule has 0 aliphatic carbocycles.